The summed E-state index contributed by atoms with van der Waals surface area (Å²) in [7, 11) is 1.91. The lowest BCUT2D eigenvalue weighted by atomic mass is 10.2. The Morgan fingerprint density at radius 2 is 2.26 bits per heavy atom. The van der Waals surface area contributed by atoms with Gasteiger partial charge in [-0.2, -0.15) is 5.10 Å². The summed E-state index contributed by atoms with van der Waals surface area (Å²) in [5, 5.41) is 18.0. The van der Waals surface area contributed by atoms with Crippen molar-refractivity contribution in [2.45, 2.75) is 13.0 Å². The predicted molar refractivity (Wildman–Crippen MR) is 71.7 cm³/mol. The van der Waals surface area contributed by atoms with Gasteiger partial charge in [0.15, 0.2) is 0 Å². The van der Waals surface area contributed by atoms with Crippen LogP contribution in [-0.4, -0.2) is 21.2 Å². The van der Waals surface area contributed by atoms with Crippen LogP contribution in [0.3, 0.4) is 0 Å². The van der Waals surface area contributed by atoms with E-state index in [0.29, 0.717) is 6.54 Å². The zero-order chi connectivity index (χ0) is 13.7. The van der Waals surface area contributed by atoms with Crippen molar-refractivity contribution in [1.82, 2.24) is 15.1 Å². The zero-order valence-corrected chi connectivity index (χ0v) is 10.7. The Bertz CT molecular complexity index is 565. The smallest absolute Gasteiger partial charge is 0.269 e. The molecule has 0 fully saturated rings. The number of hydrogen-bond donors (Lipinski definition) is 1. The predicted octanol–water partition coefficient (Wildman–Crippen LogP) is 1.66. The minimum atomic E-state index is -0.376. The van der Waals surface area contributed by atoms with Crippen LogP contribution in [0.15, 0.2) is 36.5 Å². The van der Waals surface area contributed by atoms with E-state index in [0.717, 1.165) is 24.2 Å². The third-order valence-corrected chi connectivity index (χ3v) is 2.93. The topological polar surface area (TPSA) is 73.0 Å². The minimum absolute atomic E-state index is 0.130. The SMILES string of the molecule is Cn1nccc1CCNCc1cccc([N+](=O)[O-])c1. The summed E-state index contributed by atoms with van der Waals surface area (Å²) >= 11 is 0. The largest absolute Gasteiger partial charge is 0.312 e. The van der Waals surface area contributed by atoms with Crippen molar-refractivity contribution in [3.05, 3.63) is 57.9 Å². The number of aryl methyl sites for hydroxylation is 1. The van der Waals surface area contributed by atoms with Crippen molar-refractivity contribution in [1.29, 1.82) is 0 Å². The van der Waals surface area contributed by atoms with Gasteiger partial charge in [-0.15, -0.1) is 0 Å². The highest BCUT2D eigenvalue weighted by Crippen LogP contribution is 2.12. The minimum Gasteiger partial charge on any atom is -0.312 e. The fraction of sp³-hybridized carbons (Fsp3) is 0.308. The average molecular weight is 260 g/mol. The average Bonchev–Trinajstić information content (AvgIpc) is 2.81. The quantitative estimate of drug-likeness (QED) is 0.487. The molecule has 1 aromatic carbocycles. The molecule has 19 heavy (non-hydrogen) atoms. The fourth-order valence-corrected chi connectivity index (χ4v) is 1.88. The van der Waals surface area contributed by atoms with E-state index < -0.39 is 0 Å². The van der Waals surface area contributed by atoms with Crippen LogP contribution in [0.5, 0.6) is 0 Å². The van der Waals surface area contributed by atoms with Gasteiger partial charge in [-0.25, -0.2) is 0 Å². The van der Waals surface area contributed by atoms with Crippen molar-refractivity contribution in [2.24, 2.45) is 7.05 Å². The lowest BCUT2D eigenvalue weighted by Crippen LogP contribution is -2.17. The van der Waals surface area contributed by atoms with Gasteiger partial charge in [0, 0.05) is 50.6 Å². The van der Waals surface area contributed by atoms with E-state index in [2.05, 4.69) is 10.4 Å². The number of hydrogen-bond acceptors (Lipinski definition) is 4. The third kappa shape index (κ3) is 3.62. The molecular weight excluding hydrogens is 244 g/mol. The van der Waals surface area contributed by atoms with Crippen LogP contribution in [0.2, 0.25) is 0 Å². The molecule has 6 nitrogen and oxygen atoms in total. The van der Waals surface area contributed by atoms with Gasteiger partial charge < -0.3 is 5.32 Å². The van der Waals surface area contributed by atoms with Gasteiger partial charge in [0.05, 0.1) is 4.92 Å². The molecule has 0 aliphatic carbocycles. The maximum Gasteiger partial charge on any atom is 0.269 e. The van der Waals surface area contributed by atoms with Crippen molar-refractivity contribution in [3.8, 4) is 0 Å². The maximum absolute atomic E-state index is 10.7. The molecule has 100 valence electrons. The summed E-state index contributed by atoms with van der Waals surface area (Å²) in [4.78, 5) is 10.3. The molecule has 1 aromatic heterocycles. The standard InChI is InChI=1S/C13H16N4O2/c1-16-12(6-8-15-16)5-7-14-10-11-3-2-4-13(9-11)17(18)19/h2-4,6,8-9,14H,5,7,10H2,1H3. The van der Waals surface area contributed by atoms with Crippen LogP contribution in [0.1, 0.15) is 11.3 Å². The molecule has 0 bridgehead atoms. The van der Waals surface area contributed by atoms with Gasteiger partial charge in [-0.05, 0) is 11.6 Å². The molecule has 6 heteroatoms. The number of rotatable bonds is 6. The Kier molecular flexibility index (Phi) is 4.25. The van der Waals surface area contributed by atoms with E-state index in [4.69, 9.17) is 0 Å². The first-order valence-electron chi connectivity index (χ1n) is 6.08. The van der Waals surface area contributed by atoms with Gasteiger partial charge in [0.2, 0.25) is 0 Å². The van der Waals surface area contributed by atoms with Gasteiger partial charge in [0.1, 0.15) is 0 Å². The Hall–Kier alpha value is -2.21. The van der Waals surface area contributed by atoms with Gasteiger partial charge in [-0.3, -0.25) is 14.8 Å². The lowest BCUT2D eigenvalue weighted by Gasteiger charge is -2.05. The molecule has 0 radical (unpaired) electrons. The van der Waals surface area contributed by atoms with Crippen molar-refractivity contribution in [2.75, 3.05) is 6.54 Å². The van der Waals surface area contributed by atoms with Crippen LogP contribution in [0.25, 0.3) is 0 Å². The Morgan fingerprint density at radius 1 is 1.42 bits per heavy atom. The molecule has 1 heterocycles. The first-order valence-corrected chi connectivity index (χ1v) is 6.08. The van der Waals surface area contributed by atoms with Gasteiger partial charge >= 0.3 is 0 Å². The van der Waals surface area contributed by atoms with E-state index in [9.17, 15) is 10.1 Å². The van der Waals surface area contributed by atoms with Gasteiger partial charge in [-0.1, -0.05) is 12.1 Å². The zero-order valence-electron chi connectivity index (χ0n) is 10.7. The van der Waals surface area contributed by atoms with Gasteiger partial charge in [0.25, 0.3) is 5.69 Å². The second kappa shape index (κ2) is 6.10. The molecular formula is C13H16N4O2. The summed E-state index contributed by atoms with van der Waals surface area (Å²) in [5.41, 5.74) is 2.21. The third-order valence-electron chi connectivity index (χ3n) is 2.93. The van der Waals surface area contributed by atoms with E-state index in [1.807, 2.05) is 23.9 Å². The molecule has 1 N–H and O–H groups in total. The van der Waals surface area contributed by atoms with Crippen LogP contribution in [0.4, 0.5) is 5.69 Å². The number of nitrogens with zero attached hydrogens (tertiary/aromatic N) is 3. The highest BCUT2D eigenvalue weighted by atomic mass is 16.6. The van der Waals surface area contributed by atoms with Crippen LogP contribution >= 0.6 is 0 Å². The number of nitro groups is 1. The number of benzene rings is 1. The Balaban J connectivity index is 1.81. The van der Waals surface area contributed by atoms with Crippen molar-refractivity contribution >= 4 is 5.69 Å². The first kappa shape index (κ1) is 13.2. The summed E-state index contributed by atoms with van der Waals surface area (Å²) in [6.45, 7) is 1.43. The molecule has 2 aromatic rings. The number of non-ortho nitro benzene ring substituents is 1. The fourth-order valence-electron chi connectivity index (χ4n) is 1.88. The summed E-state index contributed by atoms with van der Waals surface area (Å²) in [5.74, 6) is 0. The second-order valence-corrected chi connectivity index (χ2v) is 4.30. The summed E-state index contributed by atoms with van der Waals surface area (Å²) < 4.78 is 1.84. The molecule has 0 saturated heterocycles. The van der Waals surface area contributed by atoms with E-state index in [1.54, 1.807) is 18.3 Å². The molecule has 0 unspecified atom stereocenters. The molecule has 2 rings (SSSR count). The highest BCUT2D eigenvalue weighted by Gasteiger charge is 2.05. The maximum atomic E-state index is 10.7. The van der Waals surface area contributed by atoms with Crippen LogP contribution < -0.4 is 5.32 Å². The number of aromatic nitrogens is 2. The first-order chi connectivity index (χ1) is 9.16. The summed E-state index contributed by atoms with van der Waals surface area (Å²) in [6.07, 6.45) is 2.65. The molecule has 0 saturated carbocycles. The van der Waals surface area contributed by atoms with E-state index >= 15 is 0 Å². The monoisotopic (exact) mass is 260 g/mol. The molecule has 0 amide bonds. The molecule has 0 aliphatic rings. The lowest BCUT2D eigenvalue weighted by molar-refractivity contribution is -0.384. The number of nitro benzene ring substituents is 1. The Morgan fingerprint density at radius 3 is 2.95 bits per heavy atom. The molecule has 0 aliphatic heterocycles. The molecule has 0 atom stereocenters. The van der Waals surface area contributed by atoms with E-state index in [-0.39, 0.29) is 10.6 Å². The summed E-state index contributed by atoms with van der Waals surface area (Å²) in [6, 6.07) is 8.66. The van der Waals surface area contributed by atoms with Crippen LogP contribution in [0, 0.1) is 10.1 Å². The van der Waals surface area contributed by atoms with Crippen molar-refractivity contribution in [3.63, 3.8) is 0 Å². The Labute approximate surface area is 111 Å². The van der Waals surface area contributed by atoms with Crippen LogP contribution in [-0.2, 0) is 20.0 Å². The van der Waals surface area contributed by atoms with Crippen molar-refractivity contribution < 1.29 is 4.92 Å². The number of nitrogens with one attached hydrogen (secondary N) is 1. The molecule has 0 spiro atoms. The second-order valence-electron chi connectivity index (χ2n) is 4.30. The highest BCUT2D eigenvalue weighted by molar-refractivity contribution is 5.34. The normalized spacial score (nSPS) is 10.6. The van der Waals surface area contributed by atoms with E-state index in [1.165, 1.54) is 6.07 Å².